The first-order chi connectivity index (χ1) is 14.6. The van der Waals surface area contributed by atoms with Gasteiger partial charge < -0.3 is 10.5 Å². The van der Waals surface area contributed by atoms with Crippen molar-refractivity contribution in [2.24, 2.45) is 17.6 Å². The molecule has 2 aliphatic carbocycles. The Bertz CT molecular complexity index is 902. The molecule has 2 bridgehead atoms. The lowest BCUT2D eigenvalue weighted by Crippen LogP contribution is -2.62. The van der Waals surface area contributed by atoms with Crippen molar-refractivity contribution in [3.8, 4) is 0 Å². The Kier molecular flexibility index (Phi) is 5.11. The molecule has 0 radical (unpaired) electrons. The number of rotatable bonds is 5. The van der Waals surface area contributed by atoms with Gasteiger partial charge in [0.25, 0.3) is 5.91 Å². The molecule has 158 valence electrons. The molecule has 5 rings (SSSR count). The molecule has 30 heavy (non-hydrogen) atoms. The Morgan fingerprint density at radius 3 is 2.43 bits per heavy atom. The molecular formula is C25H31N3O2. The third kappa shape index (κ3) is 3.07. The zero-order valence-electron chi connectivity index (χ0n) is 17.7. The summed E-state index contributed by atoms with van der Waals surface area (Å²) in [4.78, 5) is 18.6. The monoisotopic (exact) mass is 405 g/mol. The number of fused-ring (bicyclic) bond motifs is 2. The summed E-state index contributed by atoms with van der Waals surface area (Å²) in [5.74, 6) is 0.987. The normalized spacial score (nSPS) is 33.6. The van der Waals surface area contributed by atoms with Crippen molar-refractivity contribution in [3.63, 3.8) is 0 Å². The number of hydrogen-bond donors (Lipinski definition) is 1. The lowest BCUT2D eigenvalue weighted by Gasteiger charge is -2.58. The van der Waals surface area contributed by atoms with Gasteiger partial charge in [0.1, 0.15) is 11.3 Å². The van der Waals surface area contributed by atoms with Crippen LogP contribution < -0.4 is 5.73 Å². The van der Waals surface area contributed by atoms with Crippen molar-refractivity contribution in [1.29, 1.82) is 0 Å². The maximum absolute atomic E-state index is 11.7. The number of pyridine rings is 1. The Labute approximate surface area is 178 Å². The Morgan fingerprint density at radius 2 is 1.83 bits per heavy atom. The van der Waals surface area contributed by atoms with E-state index < -0.39 is 5.91 Å². The third-order valence-electron chi connectivity index (χ3n) is 7.96. The fourth-order valence-corrected chi connectivity index (χ4v) is 6.48. The molecule has 1 saturated heterocycles. The molecular weight excluding hydrogens is 374 g/mol. The summed E-state index contributed by atoms with van der Waals surface area (Å²) in [5, 5.41) is 0. The van der Waals surface area contributed by atoms with Crippen molar-refractivity contribution < 1.29 is 9.53 Å². The molecule has 1 aromatic heterocycles. The maximum atomic E-state index is 11.7. The fourth-order valence-electron chi connectivity index (χ4n) is 6.48. The molecule has 2 heterocycles. The molecule has 4 atom stereocenters. The number of nitrogens with zero attached hydrogens (tertiary/aromatic N) is 2. The zero-order chi connectivity index (χ0) is 20.7. The minimum absolute atomic E-state index is 0.326. The number of benzene rings is 1. The van der Waals surface area contributed by atoms with Gasteiger partial charge in [-0.3, -0.25) is 14.7 Å². The number of carbonyl (C=O) groups is 1. The fraction of sp³-hybridized carbons (Fsp3) is 0.520. The molecule has 1 amide bonds. The van der Waals surface area contributed by atoms with Gasteiger partial charge in [0.15, 0.2) is 0 Å². The van der Waals surface area contributed by atoms with E-state index in [4.69, 9.17) is 10.5 Å². The predicted molar refractivity (Wildman–Crippen MR) is 116 cm³/mol. The highest BCUT2D eigenvalue weighted by molar-refractivity contribution is 5.90. The van der Waals surface area contributed by atoms with E-state index in [2.05, 4.69) is 40.2 Å². The SMILES string of the molecule is COC1(c2ccnc(C(N)=O)c2)C2CCCC1CN([C@@H]1CCC1c1ccccc1)C2. The summed E-state index contributed by atoms with van der Waals surface area (Å²) in [6.07, 6.45) is 7.81. The van der Waals surface area contributed by atoms with Gasteiger partial charge in [-0.15, -0.1) is 0 Å². The molecule has 1 aliphatic heterocycles. The number of carbonyl (C=O) groups excluding carboxylic acids is 1. The first kappa shape index (κ1) is 19.7. The second-order valence-corrected chi connectivity index (χ2v) is 9.23. The number of primary amides is 1. The maximum Gasteiger partial charge on any atom is 0.267 e. The summed E-state index contributed by atoms with van der Waals surface area (Å²) in [6, 6.07) is 15.5. The number of likely N-dealkylation sites (tertiary alicyclic amines) is 1. The van der Waals surface area contributed by atoms with Gasteiger partial charge in [-0.25, -0.2) is 0 Å². The van der Waals surface area contributed by atoms with Crippen molar-refractivity contribution in [2.75, 3.05) is 20.2 Å². The smallest absolute Gasteiger partial charge is 0.267 e. The van der Waals surface area contributed by atoms with E-state index in [0.29, 0.717) is 29.5 Å². The van der Waals surface area contributed by atoms with Gasteiger partial charge in [-0.2, -0.15) is 0 Å². The van der Waals surface area contributed by atoms with Crippen LogP contribution in [-0.4, -0.2) is 42.0 Å². The number of amides is 1. The number of aromatic nitrogens is 1. The number of methoxy groups -OCH3 is 1. The first-order valence-corrected chi connectivity index (χ1v) is 11.2. The summed E-state index contributed by atoms with van der Waals surface area (Å²) >= 11 is 0. The topological polar surface area (TPSA) is 68.5 Å². The second kappa shape index (κ2) is 7.78. The summed E-state index contributed by atoms with van der Waals surface area (Å²) < 4.78 is 6.35. The lowest BCUT2D eigenvalue weighted by molar-refractivity contribution is -0.179. The van der Waals surface area contributed by atoms with Crippen LogP contribution in [0.1, 0.15) is 59.6 Å². The molecule has 0 spiro atoms. The molecule has 3 unspecified atom stereocenters. The zero-order valence-corrected chi connectivity index (χ0v) is 17.7. The summed E-state index contributed by atoms with van der Waals surface area (Å²) in [5.41, 5.74) is 8.03. The van der Waals surface area contributed by atoms with Crippen LogP contribution in [0.5, 0.6) is 0 Å². The van der Waals surface area contributed by atoms with E-state index in [1.165, 1.54) is 24.8 Å². The Morgan fingerprint density at radius 1 is 1.10 bits per heavy atom. The molecule has 3 fully saturated rings. The molecule has 2 N–H and O–H groups in total. The second-order valence-electron chi connectivity index (χ2n) is 9.23. The van der Waals surface area contributed by atoms with Crippen LogP contribution in [0.2, 0.25) is 0 Å². The summed E-state index contributed by atoms with van der Waals surface area (Å²) in [6.45, 7) is 2.10. The highest BCUT2D eigenvalue weighted by Gasteiger charge is 2.55. The number of ether oxygens (including phenoxy) is 1. The standard InChI is InChI=1S/C25H31N3O2/c1-30-25(18-12-13-27-22(14-18)24(26)29)19-8-5-9-20(25)16-28(15-19)23-11-10-21(23)17-6-3-2-4-7-17/h2-4,6-7,12-14,19-21,23H,5,8-11,15-16H2,1H3,(H2,26,29)/t19?,20?,21?,23-,25?/m1/s1. The molecule has 2 saturated carbocycles. The minimum Gasteiger partial charge on any atom is -0.373 e. The van der Waals surface area contributed by atoms with Crippen LogP contribution in [0.3, 0.4) is 0 Å². The summed E-state index contributed by atoms with van der Waals surface area (Å²) in [7, 11) is 1.83. The van der Waals surface area contributed by atoms with E-state index >= 15 is 0 Å². The van der Waals surface area contributed by atoms with Crippen LogP contribution in [0.15, 0.2) is 48.7 Å². The Hall–Kier alpha value is -2.24. The quantitative estimate of drug-likeness (QED) is 0.824. The van der Waals surface area contributed by atoms with Gasteiger partial charge in [-0.05, 0) is 54.9 Å². The van der Waals surface area contributed by atoms with Gasteiger partial charge in [0.05, 0.1) is 0 Å². The van der Waals surface area contributed by atoms with Crippen LogP contribution in [0, 0.1) is 11.8 Å². The van der Waals surface area contributed by atoms with E-state index in [1.807, 2.05) is 19.2 Å². The van der Waals surface area contributed by atoms with Crippen molar-refractivity contribution in [2.45, 2.75) is 49.7 Å². The molecule has 2 aromatic rings. The molecule has 5 nitrogen and oxygen atoms in total. The van der Waals surface area contributed by atoms with Crippen molar-refractivity contribution in [1.82, 2.24) is 9.88 Å². The third-order valence-corrected chi connectivity index (χ3v) is 7.96. The van der Waals surface area contributed by atoms with Gasteiger partial charge >= 0.3 is 0 Å². The highest BCUT2D eigenvalue weighted by atomic mass is 16.5. The van der Waals surface area contributed by atoms with Crippen molar-refractivity contribution in [3.05, 3.63) is 65.5 Å². The molecule has 3 aliphatic rings. The number of nitrogens with two attached hydrogens (primary N) is 1. The number of hydrogen-bond acceptors (Lipinski definition) is 4. The van der Waals surface area contributed by atoms with Crippen LogP contribution in [0.25, 0.3) is 0 Å². The van der Waals surface area contributed by atoms with Crippen LogP contribution in [0.4, 0.5) is 0 Å². The van der Waals surface area contributed by atoms with E-state index in [9.17, 15) is 4.79 Å². The van der Waals surface area contributed by atoms with E-state index in [-0.39, 0.29) is 5.60 Å². The van der Waals surface area contributed by atoms with Crippen LogP contribution in [-0.2, 0) is 10.3 Å². The van der Waals surface area contributed by atoms with Gasteiger partial charge in [0.2, 0.25) is 0 Å². The predicted octanol–water partition coefficient (Wildman–Crippen LogP) is 3.70. The van der Waals surface area contributed by atoms with Crippen LogP contribution >= 0.6 is 0 Å². The van der Waals surface area contributed by atoms with Crippen molar-refractivity contribution >= 4 is 5.91 Å². The number of piperidine rings is 1. The van der Waals surface area contributed by atoms with E-state index in [0.717, 1.165) is 31.5 Å². The minimum atomic E-state index is -0.481. The van der Waals surface area contributed by atoms with Gasteiger partial charge in [-0.1, -0.05) is 36.8 Å². The van der Waals surface area contributed by atoms with Gasteiger partial charge in [0, 0.05) is 44.3 Å². The van der Waals surface area contributed by atoms with E-state index in [1.54, 1.807) is 6.20 Å². The molecule has 1 aromatic carbocycles. The average Bonchev–Trinajstić information content (AvgIpc) is 2.73. The Balaban J connectivity index is 1.44. The first-order valence-electron chi connectivity index (χ1n) is 11.2. The molecule has 5 heteroatoms. The lowest BCUT2D eigenvalue weighted by atomic mass is 9.61. The largest absolute Gasteiger partial charge is 0.373 e. The highest BCUT2D eigenvalue weighted by Crippen LogP contribution is 2.53. The average molecular weight is 406 g/mol.